The second-order valence-corrected chi connectivity index (χ2v) is 3.99. The first kappa shape index (κ1) is 12.9. The Bertz CT molecular complexity index is 244. The predicted molar refractivity (Wildman–Crippen MR) is 59.7 cm³/mol. The summed E-state index contributed by atoms with van der Waals surface area (Å²) >= 11 is 0. The average Bonchev–Trinajstić information content (AvgIpc) is 2.33. The lowest BCUT2D eigenvalue weighted by atomic mass is 9.97. The molecule has 16 heavy (non-hydrogen) atoms. The third-order valence-corrected chi connectivity index (χ3v) is 2.67. The third-order valence-electron chi connectivity index (χ3n) is 2.67. The van der Waals surface area contributed by atoms with Crippen molar-refractivity contribution in [2.75, 3.05) is 32.8 Å². The minimum absolute atomic E-state index is 0.0503. The molecule has 5 nitrogen and oxygen atoms in total. The van der Waals surface area contributed by atoms with E-state index in [0.29, 0.717) is 12.5 Å². The predicted octanol–water partition coefficient (Wildman–Crippen LogP) is 0.0325. The fraction of sp³-hybridized carbons (Fsp3) is 0.818. The molecule has 2 N–H and O–H groups in total. The molecular weight excluding hydrogens is 206 g/mol. The molecule has 5 heteroatoms. The molecule has 0 aromatic heterocycles. The van der Waals surface area contributed by atoms with Crippen LogP contribution in [0, 0.1) is 17.2 Å². The van der Waals surface area contributed by atoms with Crippen molar-refractivity contribution >= 4 is 5.91 Å². The van der Waals surface area contributed by atoms with Crippen LogP contribution in [0.15, 0.2) is 0 Å². The molecule has 0 aromatic rings. The summed E-state index contributed by atoms with van der Waals surface area (Å²) in [6, 6.07) is 1.84. The number of nitriles is 1. The Morgan fingerprint density at radius 2 is 2.50 bits per heavy atom. The molecule has 0 aliphatic carbocycles. The highest BCUT2D eigenvalue weighted by atomic mass is 16.5. The second-order valence-electron chi connectivity index (χ2n) is 3.99. The molecule has 90 valence electrons. The topological polar surface area (TPSA) is 74.2 Å². The molecule has 0 spiro atoms. The van der Waals surface area contributed by atoms with Crippen molar-refractivity contribution in [2.45, 2.75) is 19.3 Å². The average molecular weight is 225 g/mol. The fourth-order valence-electron chi connectivity index (χ4n) is 1.77. The van der Waals surface area contributed by atoms with Gasteiger partial charge in [-0.2, -0.15) is 5.26 Å². The second kappa shape index (κ2) is 8.08. The number of piperidine rings is 1. The highest BCUT2D eigenvalue weighted by Gasteiger charge is 2.12. The number of amides is 1. The van der Waals surface area contributed by atoms with Crippen LogP contribution < -0.4 is 10.6 Å². The Morgan fingerprint density at radius 3 is 3.19 bits per heavy atom. The minimum Gasteiger partial charge on any atom is -0.372 e. The van der Waals surface area contributed by atoms with Gasteiger partial charge in [-0.05, 0) is 38.3 Å². The molecule has 1 aliphatic heterocycles. The van der Waals surface area contributed by atoms with Crippen molar-refractivity contribution in [3.05, 3.63) is 0 Å². The monoisotopic (exact) mass is 225 g/mol. The molecule has 1 atom stereocenters. The third kappa shape index (κ3) is 5.69. The lowest BCUT2D eigenvalue weighted by Gasteiger charge is -2.22. The molecule has 1 aliphatic rings. The molecule has 1 heterocycles. The quantitative estimate of drug-likeness (QED) is 0.494. The largest absolute Gasteiger partial charge is 0.372 e. The van der Waals surface area contributed by atoms with Gasteiger partial charge in [0.15, 0.2) is 0 Å². The molecule has 0 bridgehead atoms. The first-order valence-corrected chi connectivity index (χ1v) is 5.75. The van der Waals surface area contributed by atoms with Crippen LogP contribution in [0.1, 0.15) is 19.3 Å². The van der Waals surface area contributed by atoms with Gasteiger partial charge in [-0.25, -0.2) is 0 Å². The van der Waals surface area contributed by atoms with E-state index in [1.807, 2.05) is 6.07 Å². The number of nitrogens with zero attached hydrogens (tertiary/aromatic N) is 1. The van der Waals surface area contributed by atoms with E-state index >= 15 is 0 Å². The Labute approximate surface area is 96.2 Å². The van der Waals surface area contributed by atoms with Crippen LogP contribution in [-0.4, -0.2) is 38.8 Å². The van der Waals surface area contributed by atoms with E-state index in [2.05, 4.69) is 10.6 Å². The summed E-state index contributed by atoms with van der Waals surface area (Å²) in [5.74, 6) is 0.458. The van der Waals surface area contributed by atoms with Gasteiger partial charge in [-0.15, -0.1) is 0 Å². The first-order valence-electron chi connectivity index (χ1n) is 5.75. The van der Waals surface area contributed by atoms with Gasteiger partial charge >= 0.3 is 0 Å². The summed E-state index contributed by atoms with van der Waals surface area (Å²) in [6.45, 7) is 2.90. The van der Waals surface area contributed by atoms with Crippen molar-refractivity contribution in [3.8, 4) is 6.07 Å². The lowest BCUT2D eigenvalue weighted by molar-refractivity contribution is -0.125. The van der Waals surface area contributed by atoms with Crippen LogP contribution in [-0.2, 0) is 9.53 Å². The number of hydrogen-bond acceptors (Lipinski definition) is 4. The molecule has 0 radical (unpaired) electrons. The van der Waals surface area contributed by atoms with Crippen molar-refractivity contribution in [3.63, 3.8) is 0 Å². The minimum atomic E-state index is -0.219. The SMILES string of the molecule is N#CCNC(=O)COCCC1CCCNC1. The molecule has 1 unspecified atom stereocenters. The van der Waals surface area contributed by atoms with Crippen molar-refractivity contribution < 1.29 is 9.53 Å². The number of rotatable bonds is 6. The molecule has 0 saturated carbocycles. The summed E-state index contributed by atoms with van der Waals surface area (Å²) < 4.78 is 5.25. The summed E-state index contributed by atoms with van der Waals surface area (Å²) in [7, 11) is 0. The van der Waals surface area contributed by atoms with Crippen molar-refractivity contribution in [2.24, 2.45) is 5.92 Å². The van der Waals surface area contributed by atoms with E-state index in [-0.39, 0.29) is 19.1 Å². The maximum absolute atomic E-state index is 11.1. The Balaban J connectivity index is 1.94. The van der Waals surface area contributed by atoms with Gasteiger partial charge in [-0.1, -0.05) is 0 Å². The summed E-state index contributed by atoms with van der Waals surface area (Å²) in [5.41, 5.74) is 0. The van der Waals surface area contributed by atoms with Crippen LogP contribution in [0.4, 0.5) is 0 Å². The van der Waals surface area contributed by atoms with Gasteiger partial charge in [0.1, 0.15) is 13.2 Å². The van der Waals surface area contributed by atoms with E-state index in [9.17, 15) is 4.79 Å². The van der Waals surface area contributed by atoms with E-state index in [0.717, 1.165) is 19.5 Å². The highest BCUT2D eigenvalue weighted by Crippen LogP contribution is 2.13. The maximum atomic E-state index is 11.1. The van der Waals surface area contributed by atoms with Crippen molar-refractivity contribution in [1.82, 2.24) is 10.6 Å². The normalized spacial score (nSPS) is 20.1. The van der Waals surface area contributed by atoms with Gasteiger partial charge < -0.3 is 15.4 Å². The van der Waals surface area contributed by atoms with E-state index < -0.39 is 0 Å². The number of hydrogen-bond donors (Lipinski definition) is 2. The van der Waals surface area contributed by atoms with E-state index in [1.54, 1.807) is 0 Å². The van der Waals surface area contributed by atoms with Crippen LogP contribution in [0.25, 0.3) is 0 Å². The maximum Gasteiger partial charge on any atom is 0.246 e. The van der Waals surface area contributed by atoms with Crippen molar-refractivity contribution in [1.29, 1.82) is 5.26 Å². The first-order chi connectivity index (χ1) is 7.83. The van der Waals surface area contributed by atoms with Gasteiger partial charge in [0.25, 0.3) is 0 Å². The highest BCUT2D eigenvalue weighted by molar-refractivity contribution is 5.77. The lowest BCUT2D eigenvalue weighted by Crippen LogP contribution is -2.31. The van der Waals surface area contributed by atoms with E-state index in [4.69, 9.17) is 10.00 Å². The Kier molecular flexibility index (Phi) is 6.54. The number of ether oxygens (including phenoxy) is 1. The number of carbonyl (C=O) groups excluding carboxylic acids is 1. The summed E-state index contributed by atoms with van der Waals surface area (Å²) in [6.07, 6.45) is 3.48. The van der Waals surface area contributed by atoms with Crippen LogP contribution >= 0.6 is 0 Å². The number of nitrogens with one attached hydrogen (secondary N) is 2. The van der Waals surface area contributed by atoms with Gasteiger partial charge in [0, 0.05) is 6.61 Å². The van der Waals surface area contributed by atoms with Gasteiger partial charge in [-0.3, -0.25) is 4.79 Å². The molecule has 1 saturated heterocycles. The standard InChI is InChI=1S/C11H19N3O2/c12-4-6-14-11(15)9-16-7-3-10-2-1-5-13-8-10/h10,13H,1-3,5-9H2,(H,14,15). The molecule has 1 rings (SSSR count). The molecule has 1 amide bonds. The van der Waals surface area contributed by atoms with Crippen LogP contribution in [0.5, 0.6) is 0 Å². The van der Waals surface area contributed by atoms with Crippen LogP contribution in [0.3, 0.4) is 0 Å². The van der Waals surface area contributed by atoms with Gasteiger partial charge in [0.05, 0.1) is 6.07 Å². The molecule has 0 aromatic carbocycles. The number of carbonyl (C=O) groups is 1. The summed E-state index contributed by atoms with van der Waals surface area (Å²) in [4.78, 5) is 11.1. The van der Waals surface area contributed by atoms with E-state index in [1.165, 1.54) is 12.8 Å². The van der Waals surface area contributed by atoms with Crippen LogP contribution in [0.2, 0.25) is 0 Å². The Hall–Kier alpha value is -1.12. The fourth-order valence-corrected chi connectivity index (χ4v) is 1.77. The zero-order chi connectivity index (χ0) is 11.6. The van der Waals surface area contributed by atoms with Gasteiger partial charge in [0.2, 0.25) is 5.91 Å². The molecule has 1 fully saturated rings. The zero-order valence-electron chi connectivity index (χ0n) is 9.50. The zero-order valence-corrected chi connectivity index (χ0v) is 9.50. The Morgan fingerprint density at radius 1 is 1.62 bits per heavy atom. The smallest absolute Gasteiger partial charge is 0.246 e. The molecular formula is C11H19N3O2. The summed E-state index contributed by atoms with van der Waals surface area (Å²) in [5, 5.41) is 14.0.